The number of nitrogens with one attached hydrogen (secondary N) is 1. The number of aromatic nitrogens is 2. The largest absolute Gasteiger partial charge is 0.271 e. The van der Waals surface area contributed by atoms with Gasteiger partial charge in [-0.2, -0.15) is 5.10 Å². The van der Waals surface area contributed by atoms with Gasteiger partial charge in [0.1, 0.15) is 0 Å². The maximum absolute atomic E-state index is 5.42. The second-order valence-corrected chi connectivity index (χ2v) is 3.17. The molecule has 76 valence electrons. The molecule has 0 amide bonds. The number of nitrogens with two attached hydrogens (primary N) is 1. The van der Waals surface area contributed by atoms with Crippen LogP contribution in [0.5, 0.6) is 0 Å². The first-order valence-corrected chi connectivity index (χ1v) is 4.65. The zero-order valence-corrected chi connectivity index (χ0v) is 8.62. The van der Waals surface area contributed by atoms with Crippen molar-refractivity contribution >= 4 is 0 Å². The zero-order chi connectivity index (χ0) is 10.6. The first-order valence-electron chi connectivity index (χ1n) is 4.65. The van der Waals surface area contributed by atoms with Crippen LogP contribution in [0.2, 0.25) is 0 Å². The summed E-state index contributed by atoms with van der Waals surface area (Å²) in [5, 5.41) is 4.33. The Bertz CT molecular complexity index is 334. The van der Waals surface area contributed by atoms with E-state index < -0.39 is 0 Å². The molecule has 0 aliphatic carbocycles. The Morgan fingerprint density at radius 3 is 2.93 bits per heavy atom. The Kier molecular flexibility index (Phi) is 3.69. The van der Waals surface area contributed by atoms with E-state index in [1.807, 2.05) is 17.8 Å². The third kappa shape index (κ3) is 2.13. The summed E-state index contributed by atoms with van der Waals surface area (Å²) in [4.78, 5) is 0. The van der Waals surface area contributed by atoms with Gasteiger partial charge in [0.25, 0.3) is 0 Å². The van der Waals surface area contributed by atoms with Crippen molar-refractivity contribution < 1.29 is 0 Å². The fourth-order valence-electron chi connectivity index (χ4n) is 1.41. The van der Waals surface area contributed by atoms with Crippen LogP contribution in [0, 0.1) is 12.3 Å². The Balaban J connectivity index is 2.92. The molecule has 1 rings (SSSR count). The van der Waals surface area contributed by atoms with Gasteiger partial charge >= 0.3 is 0 Å². The fourth-order valence-corrected chi connectivity index (χ4v) is 1.41. The van der Waals surface area contributed by atoms with E-state index in [-0.39, 0.29) is 6.04 Å². The normalized spacial score (nSPS) is 12.4. The van der Waals surface area contributed by atoms with Gasteiger partial charge in [-0.25, -0.2) is 0 Å². The predicted octanol–water partition coefficient (Wildman–Crippen LogP) is 0.510. The molecule has 1 unspecified atom stereocenters. The van der Waals surface area contributed by atoms with E-state index in [2.05, 4.69) is 23.4 Å². The van der Waals surface area contributed by atoms with Crippen LogP contribution < -0.4 is 11.3 Å². The Morgan fingerprint density at radius 1 is 1.79 bits per heavy atom. The summed E-state index contributed by atoms with van der Waals surface area (Å²) >= 11 is 0. The molecule has 0 saturated carbocycles. The van der Waals surface area contributed by atoms with Crippen molar-refractivity contribution in [2.75, 3.05) is 0 Å². The average Bonchev–Trinajstić information content (AvgIpc) is 2.56. The molecule has 0 aliphatic heterocycles. The molecule has 14 heavy (non-hydrogen) atoms. The second-order valence-electron chi connectivity index (χ2n) is 3.17. The second kappa shape index (κ2) is 4.80. The zero-order valence-electron chi connectivity index (χ0n) is 8.62. The molecule has 1 aromatic rings. The lowest BCUT2D eigenvalue weighted by Gasteiger charge is -2.12. The molecule has 3 N–H and O–H groups in total. The number of terminal acetylenes is 1. The average molecular weight is 192 g/mol. The predicted molar refractivity (Wildman–Crippen MR) is 56.1 cm³/mol. The van der Waals surface area contributed by atoms with Gasteiger partial charge in [-0.3, -0.25) is 16.0 Å². The van der Waals surface area contributed by atoms with Gasteiger partial charge in [0.15, 0.2) is 0 Å². The van der Waals surface area contributed by atoms with Gasteiger partial charge in [-0.05, 0) is 12.5 Å². The summed E-state index contributed by atoms with van der Waals surface area (Å²) in [5.74, 6) is 8.01. The minimum absolute atomic E-state index is 0.0159. The minimum atomic E-state index is -0.0159. The first kappa shape index (κ1) is 10.8. The van der Waals surface area contributed by atoms with E-state index in [4.69, 9.17) is 12.3 Å². The smallest absolute Gasteiger partial charge is 0.0737 e. The number of aryl methyl sites for hydroxylation is 2. The van der Waals surface area contributed by atoms with Crippen LogP contribution in [-0.4, -0.2) is 9.78 Å². The third-order valence-electron chi connectivity index (χ3n) is 2.21. The SMILES string of the molecule is C#CCC(NN)c1cc(CC)nn1C. The Hall–Kier alpha value is -1.31. The van der Waals surface area contributed by atoms with Gasteiger partial charge < -0.3 is 0 Å². The number of rotatable bonds is 4. The molecule has 0 saturated heterocycles. The van der Waals surface area contributed by atoms with Crippen molar-refractivity contribution in [1.82, 2.24) is 15.2 Å². The molecular formula is C10H16N4. The topological polar surface area (TPSA) is 55.9 Å². The summed E-state index contributed by atoms with van der Waals surface area (Å²) in [7, 11) is 1.90. The third-order valence-corrected chi connectivity index (χ3v) is 2.21. The van der Waals surface area contributed by atoms with Gasteiger partial charge in [0.2, 0.25) is 0 Å². The van der Waals surface area contributed by atoms with E-state index in [1.165, 1.54) is 0 Å². The Morgan fingerprint density at radius 2 is 2.50 bits per heavy atom. The standard InChI is InChI=1S/C10H16N4/c1-4-6-9(12-11)10-7-8(5-2)13-14(10)3/h1,7,9,12H,5-6,11H2,2-3H3. The molecular weight excluding hydrogens is 176 g/mol. The van der Waals surface area contributed by atoms with Crippen LogP contribution in [0.1, 0.15) is 30.8 Å². The van der Waals surface area contributed by atoms with Crippen LogP contribution in [0.4, 0.5) is 0 Å². The van der Waals surface area contributed by atoms with Crippen LogP contribution in [0.15, 0.2) is 6.07 Å². The lowest BCUT2D eigenvalue weighted by atomic mass is 10.1. The van der Waals surface area contributed by atoms with Crippen molar-refractivity contribution in [3.63, 3.8) is 0 Å². The molecule has 1 heterocycles. The van der Waals surface area contributed by atoms with E-state index in [0.717, 1.165) is 17.8 Å². The van der Waals surface area contributed by atoms with Crippen molar-refractivity contribution in [2.24, 2.45) is 12.9 Å². The van der Waals surface area contributed by atoms with Crippen molar-refractivity contribution in [2.45, 2.75) is 25.8 Å². The molecule has 0 spiro atoms. The molecule has 0 aliphatic rings. The van der Waals surface area contributed by atoms with Crippen molar-refractivity contribution in [1.29, 1.82) is 0 Å². The number of hydrogen-bond acceptors (Lipinski definition) is 3. The van der Waals surface area contributed by atoms with Crippen molar-refractivity contribution in [3.05, 3.63) is 17.5 Å². The maximum Gasteiger partial charge on any atom is 0.0737 e. The molecule has 4 heteroatoms. The number of hydrazine groups is 1. The molecule has 4 nitrogen and oxygen atoms in total. The molecule has 1 atom stereocenters. The highest BCUT2D eigenvalue weighted by atomic mass is 15.3. The van der Waals surface area contributed by atoms with E-state index >= 15 is 0 Å². The summed E-state index contributed by atoms with van der Waals surface area (Å²) in [5.41, 5.74) is 4.78. The molecule has 1 aromatic heterocycles. The summed E-state index contributed by atoms with van der Waals surface area (Å²) < 4.78 is 1.82. The molecule has 0 bridgehead atoms. The van der Waals surface area contributed by atoms with E-state index in [1.54, 1.807) is 0 Å². The fraction of sp³-hybridized carbons (Fsp3) is 0.500. The number of hydrogen-bond donors (Lipinski definition) is 2. The van der Waals surface area contributed by atoms with Gasteiger partial charge in [0.05, 0.1) is 17.4 Å². The summed E-state index contributed by atoms with van der Waals surface area (Å²) in [6.45, 7) is 2.07. The van der Waals surface area contributed by atoms with Crippen LogP contribution in [-0.2, 0) is 13.5 Å². The van der Waals surface area contributed by atoms with Gasteiger partial charge in [-0.1, -0.05) is 6.92 Å². The lowest BCUT2D eigenvalue weighted by Crippen LogP contribution is -2.29. The monoisotopic (exact) mass is 192 g/mol. The lowest BCUT2D eigenvalue weighted by molar-refractivity contribution is 0.520. The van der Waals surface area contributed by atoms with Crippen LogP contribution >= 0.6 is 0 Å². The Labute approximate surface area is 84.5 Å². The maximum atomic E-state index is 5.42. The minimum Gasteiger partial charge on any atom is -0.271 e. The van der Waals surface area contributed by atoms with Gasteiger partial charge in [-0.15, -0.1) is 12.3 Å². The van der Waals surface area contributed by atoms with E-state index in [9.17, 15) is 0 Å². The highest BCUT2D eigenvalue weighted by Crippen LogP contribution is 2.16. The van der Waals surface area contributed by atoms with Crippen LogP contribution in [0.25, 0.3) is 0 Å². The van der Waals surface area contributed by atoms with Crippen molar-refractivity contribution in [3.8, 4) is 12.3 Å². The first-order chi connectivity index (χ1) is 6.72. The number of nitrogens with zero attached hydrogens (tertiary/aromatic N) is 2. The quantitative estimate of drug-likeness (QED) is 0.415. The molecule has 0 fully saturated rings. The molecule has 0 aromatic carbocycles. The van der Waals surface area contributed by atoms with E-state index in [0.29, 0.717) is 6.42 Å². The highest BCUT2D eigenvalue weighted by molar-refractivity contribution is 5.15. The van der Waals surface area contributed by atoms with Crippen LogP contribution in [0.3, 0.4) is 0 Å². The highest BCUT2D eigenvalue weighted by Gasteiger charge is 2.13. The summed E-state index contributed by atoms with van der Waals surface area (Å²) in [6, 6.07) is 2.01. The molecule has 0 radical (unpaired) electrons. The van der Waals surface area contributed by atoms with Gasteiger partial charge in [0, 0.05) is 13.5 Å². The summed E-state index contributed by atoms with van der Waals surface area (Å²) in [6.07, 6.45) is 6.74.